The molecule has 8 heteroatoms. The standard InChI is InChI=1S/C24H27N5O3/c1-27-25-16-21(26-27)19-6-2-17(3-7-19)18-4-8-20(9-5-18)22(30)28-12-14-29(15-13-28)23(31)24(32)10-11-24/h2-9,16,25-26,32H,10-15H2,1H3. The van der Waals surface area contributed by atoms with Gasteiger partial charge in [-0.3, -0.25) is 15.0 Å². The van der Waals surface area contributed by atoms with Crippen LogP contribution in [-0.2, 0) is 4.79 Å². The first-order valence-corrected chi connectivity index (χ1v) is 10.9. The van der Waals surface area contributed by atoms with E-state index in [1.807, 2.05) is 37.5 Å². The number of amides is 2. The van der Waals surface area contributed by atoms with Crippen molar-refractivity contribution < 1.29 is 14.7 Å². The fraction of sp³-hybridized carbons (Fsp3) is 0.333. The lowest BCUT2D eigenvalue weighted by atomic mass is 10.0. The number of hydrogen-bond acceptors (Lipinski definition) is 6. The zero-order chi connectivity index (χ0) is 22.3. The highest BCUT2D eigenvalue weighted by molar-refractivity contribution is 5.95. The number of piperazine rings is 1. The molecule has 1 saturated carbocycles. The van der Waals surface area contributed by atoms with Gasteiger partial charge in [0.2, 0.25) is 0 Å². The minimum atomic E-state index is -1.14. The fourth-order valence-corrected chi connectivity index (χ4v) is 4.12. The maximum atomic E-state index is 12.9. The van der Waals surface area contributed by atoms with E-state index in [4.69, 9.17) is 0 Å². The zero-order valence-corrected chi connectivity index (χ0v) is 18.0. The van der Waals surface area contributed by atoms with E-state index in [1.165, 1.54) is 0 Å². The van der Waals surface area contributed by atoms with E-state index in [2.05, 4.69) is 35.1 Å². The number of nitrogens with one attached hydrogen (secondary N) is 2. The topological polar surface area (TPSA) is 88.2 Å². The van der Waals surface area contributed by atoms with Gasteiger partial charge in [-0.1, -0.05) is 36.4 Å². The molecule has 3 N–H and O–H groups in total. The van der Waals surface area contributed by atoms with Crippen molar-refractivity contribution in [3.05, 3.63) is 65.9 Å². The monoisotopic (exact) mass is 433 g/mol. The Morgan fingerprint density at radius 3 is 1.91 bits per heavy atom. The SMILES string of the molecule is CN1NC=C(c2ccc(-c3ccc(C(=O)N4CCN(C(=O)C5(O)CC5)CC4)cc3)cc2)N1. The highest BCUT2D eigenvalue weighted by Gasteiger charge is 2.50. The molecule has 2 amide bonds. The lowest BCUT2D eigenvalue weighted by Gasteiger charge is -2.35. The first-order chi connectivity index (χ1) is 15.4. The number of aliphatic hydroxyl groups is 1. The van der Waals surface area contributed by atoms with Crippen LogP contribution in [-0.4, -0.2) is 70.7 Å². The van der Waals surface area contributed by atoms with Crippen LogP contribution >= 0.6 is 0 Å². The number of rotatable bonds is 4. The summed E-state index contributed by atoms with van der Waals surface area (Å²) in [4.78, 5) is 28.6. The third kappa shape index (κ3) is 3.94. The van der Waals surface area contributed by atoms with Crippen LogP contribution in [0.15, 0.2) is 54.7 Å². The smallest absolute Gasteiger partial charge is 0.254 e. The molecule has 1 saturated heterocycles. The van der Waals surface area contributed by atoms with E-state index in [0.29, 0.717) is 44.6 Å². The van der Waals surface area contributed by atoms with E-state index in [-0.39, 0.29) is 11.8 Å². The van der Waals surface area contributed by atoms with Gasteiger partial charge in [-0.15, -0.1) is 5.12 Å². The van der Waals surface area contributed by atoms with Crippen molar-refractivity contribution in [2.75, 3.05) is 33.2 Å². The van der Waals surface area contributed by atoms with Crippen molar-refractivity contribution in [3.63, 3.8) is 0 Å². The molecule has 0 bridgehead atoms. The molecule has 1 aliphatic carbocycles. The molecule has 0 unspecified atom stereocenters. The van der Waals surface area contributed by atoms with Crippen molar-refractivity contribution in [1.82, 2.24) is 25.8 Å². The molecule has 2 aromatic rings. The largest absolute Gasteiger partial charge is 0.380 e. The van der Waals surface area contributed by atoms with E-state index in [1.54, 1.807) is 14.9 Å². The first-order valence-electron chi connectivity index (χ1n) is 10.9. The molecule has 2 aliphatic heterocycles. The number of hydrazine groups is 2. The van der Waals surface area contributed by atoms with Crippen LogP contribution in [0.2, 0.25) is 0 Å². The van der Waals surface area contributed by atoms with Gasteiger partial charge in [0, 0.05) is 50.6 Å². The zero-order valence-electron chi connectivity index (χ0n) is 18.0. The van der Waals surface area contributed by atoms with Crippen molar-refractivity contribution in [2.24, 2.45) is 0 Å². The Balaban J connectivity index is 1.20. The average Bonchev–Trinajstić information content (AvgIpc) is 3.44. The van der Waals surface area contributed by atoms with Gasteiger partial charge in [-0.2, -0.15) is 0 Å². The van der Waals surface area contributed by atoms with Gasteiger partial charge in [0.15, 0.2) is 0 Å². The summed E-state index contributed by atoms with van der Waals surface area (Å²) in [5, 5.41) is 11.8. The van der Waals surface area contributed by atoms with Crippen LogP contribution < -0.4 is 10.9 Å². The average molecular weight is 434 g/mol. The lowest BCUT2D eigenvalue weighted by molar-refractivity contribution is -0.143. The van der Waals surface area contributed by atoms with Crippen molar-refractivity contribution >= 4 is 17.5 Å². The predicted octanol–water partition coefficient (Wildman–Crippen LogP) is 1.42. The second kappa shape index (κ2) is 7.96. The molecule has 166 valence electrons. The molecule has 5 rings (SSSR count). The van der Waals surface area contributed by atoms with Crippen LogP contribution in [0.1, 0.15) is 28.8 Å². The van der Waals surface area contributed by atoms with E-state index >= 15 is 0 Å². The van der Waals surface area contributed by atoms with Crippen LogP contribution in [0.25, 0.3) is 16.8 Å². The summed E-state index contributed by atoms with van der Waals surface area (Å²) in [7, 11) is 1.90. The molecule has 3 aliphatic rings. The summed E-state index contributed by atoms with van der Waals surface area (Å²) >= 11 is 0. The second-order valence-corrected chi connectivity index (χ2v) is 8.63. The molecular weight excluding hydrogens is 406 g/mol. The Labute approximate surface area is 187 Å². The highest BCUT2D eigenvalue weighted by atomic mass is 16.3. The molecule has 0 spiro atoms. The summed E-state index contributed by atoms with van der Waals surface area (Å²) in [5.74, 6) is -0.219. The van der Waals surface area contributed by atoms with Gasteiger partial charge < -0.3 is 20.3 Å². The molecule has 2 fully saturated rings. The number of carbonyl (C=O) groups excluding carboxylic acids is 2. The number of benzene rings is 2. The number of nitrogens with zero attached hydrogens (tertiary/aromatic N) is 3. The van der Waals surface area contributed by atoms with Crippen molar-refractivity contribution in [1.29, 1.82) is 0 Å². The Morgan fingerprint density at radius 2 is 1.38 bits per heavy atom. The third-order valence-corrected chi connectivity index (χ3v) is 6.33. The number of hydrogen-bond donors (Lipinski definition) is 3. The van der Waals surface area contributed by atoms with Crippen molar-refractivity contribution in [3.8, 4) is 11.1 Å². The van der Waals surface area contributed by atoms with E-state index in [9.17, 15) is 14.7 Å². The minimum absolute atomic E-state index is 0.0278. The van der Waals surface area contributed by atoms with Gasteiger partial charge in [0.1, 0.15) is 5.60 Å². The van der Waals surface area contributed by atoms with Gasteiger partial charge in [-0.05, 0) is 36.1 Å². The van der Waals surface area contributed by atoms with Gasteiger partial charge in [0.05, 0.1) is 5.70 Å². The van der Waals surface area contributed by atoms with Crippen LogP contribution in [0.5, 0.6) is 0 Å². The van der Waals surface area contributed by atoms with Gasteiger partial charge >= 0.3 is 0 Å². The molecular formula is C24H27N5O3. The Kier molecular flexibility index (Phi) is 5.11. The second-order valence-electron chi connectivity index (χ2n) is 8.63. The quantitative estimate of drug-likeness (QED) is 0.676. The summed E-state index contributed by atoms with van der Waals surface area (Å²) in [6.45, 7) is 1.90. The fourth-order valence-electron chi connectivity index (χ4n) is 4.12. The van der Waals surface area contributed by atoms with Gasteiger partial charge in [-0.25, -0.2) is 0 Å². The molecule has 8 nitrogen and oxygen atoms in total. The maximum absolute atomic E-state index is 12.9. The van der Waals surface area contributed by atoms with Crippen LogP contribution in [0, 0.1) is 0 Å². The molecule has 0 aromatic heterocycles. The predicted molar refractivity (Wildman–Crippen MR) is 121 cm³/mol. The molecule has 32 heavy (non-hydrogen) atoms. The van der Waals surface area contributed by atoms with E-state index in [0.717, 1.165) is 22.4 Å². The summed E-state index contributed by atoms with van der Waals surface area (Å²) in [6, 6.07) is 15.9. The highest BCUT2D eigenvalue weighted by Crippen LogP contribution is 2.37. The Morgan fingerprint density at radius 1 is 0.844 bits per heavy atom. The molecule has 0 radical (unpaired) electrons. The molecule has 2 heterocycles. The Hall–Kier alpha value is -3.36. The summed E-state index contributed by atoms with van der Waals surface area (Å²) in [5.41, 5.74) is 10.00. The molecule has 2 aromatic carbocycles. The van der Waals surface area contributed by atoms with Crippen LogP contribution in [0.4, 0.5) is 0 Å². The lowest BCUT2D eigenvalue weighted by Crippen LogP contribution is -2.53. The Bertz CT molecular complexity index is 1050. The van der Waals surface area contributed by atoms with Gasteiger partial charge in [0.25, 0.3) is 11.8 Å². The first kappa shape index (κ1) is 20.5. The van der Waals surface area contributed by atoms with E-state index < -0.39 is 5.60 Å². The molecule has 0 atom stereocenters. The minimum Gasteiger partial charge on any atom is -0.380 e. The van der Waals surface area contributed by atoms with Crippen LogP contribution in [0.3, 0.4) is 0 Å². The van der Waals surface area contributed by atoms with Crippen molar-refractivity contribution in [2.45, 2.75) is 18.4 Å². The maximum Gasteiger partial charge on any atom is 0.254 e. The third-order valence-electron chi connectivity index (χ3n) is 6.33. The normalized spacial score (nSPS) is 19.8. The summed E-state index contributed by atoms with van der Waals surface area (Å²) < 4.78 is 0. The summed E-state index contributed by atoms with van der Waals surface area (Å²) in [6.07, 6.45) is 3.01. The number of carbonyl (C=O) groups is 2.